The summed E-state index contributed by atoms with van der Waals surface area (Å²) in [7, 11) is 0. The molecule has 0 unspecified atom stereocenters. The van der Waals surface area contributed by atoms with Crippen molar-refractivity contribution in [2.45, 2.75) is 13.5 Å². The Labute approximate surface area is 66.5 Å². The lowest BCUT2D eigenvalue weighted by Crippen LogP contribution is -1.98. The number of carbonyl (C=O) groups is 1. The predicted molar refractivity (Wildman–Crippen MR) is 35.2 cm³/mol. The number of aryl methyl sites for hydroxylation is 1. The summed E-state index contributed by atoms with van der Waals surface area (Å²) in [5.41, 5.74) is -0.368. The Bertz CT molecular complexity index is 308. The molecule has 0 amide bonds. The van der Waals surface area contributed by atoms with Crippen LogP contribution in [0.3, 0.4) is 0 Å². The van der Waals surface area contributed by atoms with Gasteiger partial charge in [0, 0.05) is 6.20 Å². The summed E-state index contributed by atoms with van der Waals surface area (Å²) in [5, 5.41) is 8.38. The molecule has 0 fully saturated rings. The highest BCUT2D eigenvalue weighted by atomic mass is 19.3. The second-order valence-electron chi connectivity index (χ2n) is 2.16. The van der Waals surface area contributed by atoms with Crippen LogP contribution < -0.4 is 0 Å². The zero-order chi connectivity index (χ0) is 9.30. The van der Waals surface area contributed by atoms with E-state index in [9.17, 15) is 13.6 Å². The van der Waals surface area contributed by atoms with Gasteiger partial charge in [-0.15, -0.1) is 0 Å². The van der Waals surface area contributed by atoms with Crippen LogP contribution in [-0.4, -0.2) is 20.6 Å². The second-order valence-corrected chi connectivity index (χ2v) is 2.16. The Kier molecular flexibility index (Phi) is 2.07. The van der Waals surface area contributed by atoms with E-state index in [1.807, 2.05) is 0 Å². The van der Waals surface area contributed by atoms with E-state index < -0.39 is 12.5 Å². The first kappa shape index (κ1) is 8.63. The number of aromatic carboxylic acids is 1. The van der Waals surface area contributed by atoms with Gasteiger partial charge in [0.1, 0.15) is 5.82 Å². The Hall–Kier alpha value is -1.46. The van der Waals surface area contributed by atoms with Crippen LogP contribution in [-0.2, 0) is 0 Å². The summed E-state index contributed by atoms with van der Waals surface area (Å²) in [6, 6.07) is 0. The van der Waals surface area contributed by atoms with Crippen molar-refractivity contribution in [1.29, 1.82) is 0 Å². The number of hydrogen-bond acceptors (Lipinski definition) is 2. The van der Waals surface area contributed by atoms with Crippen LogP contribution in [0.25, 0.3) is 0 Å². The Balaban J connectivity index is 3.09. The predicted octanol–water partition coefficient (Wildman–Crippen LogP) is 1.28. The molecule has 0 spiro atoms. The Morgan fingerprint density at radius 3 is 2.58 bits per heavy atom. The third-order valence-electron chi connectivity index (χ3n) is 1.35. The van der Waals surface area contributed by atoms with Crippen LogP contribution in [0.1, 0.15) is 22.9 Å². The molecule has 0 atom stereocenters. The van der Waals surface area contributed by atoms with Crippen molar-refractivity contribution in [2.75, 3.05) is 0 Å². The van der Waals surface area contributed by atoms with Crippen molar-refractivity contribution in [3.8, 4) is 0 Å². The molecule has 0 aliphatic carbocycles. The fourth-order valence-electron chi connectivity index (χ4n) is 0.787. The first-order chi connectivity index (χ1) is 5.52. The summed E-state index contributed by atoms with van der Waals surface area (Å²) >= 11 is 0. The third-order valence-corrected chi connectivity index (χ3v) is 1.35. The molecule has 0 saturated heterocycles. The average molecular weight is 176 g/mol. The molecular formula is C6H6F2N2O2. The van der Waals surface area contributed by atoms with Gasteiger partial charge in [-0.05, 0) is 6.92 Å². The molecule has 4 nitrogen and oxygen atoms in total. The molecule has 0 aliphatic heterocycles. The molecule has 0 bridgehead atoms. The van der Waals surface area contributed by atoms with Crippen molar-refractivity contribution in [1.82, 2.24) is 9.55 Å². The van der Waals surface area contributed by atoms with Gasteiger partial charge in [-0.1, -0.05) is 0 Å². The topological polar surface area (TPSA) is 55.1 Å². The fraction of sp³-hybridized carbons (Fsp3) is 0.333. The molecule has 0 saturated carbocycles. The third kappa shape index (κ3) is 1.41. The van der Waals surface area contributed by atoms with Crippen molar-refractivity contribution in [3.05, 3.63) is 17.7 Å². The summed E-state index contributed by atoms with van der Waals surface area (Å²) in [4.78, 5) is 13.7. The molecule has 1 N–H and O–H groups in total. The molecule has 1 heterocycles. The normalized spacial score (nSPS) is 10.7. The first-order valence-corrected chi connectivity index (χ1v) is 3.09. The minimum Gasteiger partial charge on any atom is -0.476 e. The number of rotatable bonds is 2. The standard InChI is InChI=1S/C6H6F2N2O2/c1-3-9-4(5(11)12)2-10(3)6(7)8/h2,6H,1H3,(H,11,12). The van der Waals surface area contributed by atoms with Crippen molar-refractivity contribution < 1.29 is 18.7 Å². The monoisotopic (exact) mass is 176 g/mol. The SMILES string of the molecule is Cc1nc(C(=O)O)cn1C(F)F. The van der Waals surface area contributed by atoms with E-state index in [0.717, 1.165) is 6.20 Å². The summed E-state index contributed by atoms with van der Waals surface area (Å²) in [6.07, 6.45) is 0.808. The van der Waals surface area contributed by atoms with Crippen molar-refractivity contribution >= 4 is 5.97 Å². The van der Waals surface area contributed by atoms with Gasteiger partial charge >= 0.3 is 12.5 Å². The summed E-state index contributed by atoms with van der Waals surface area (Å²) < 4.78 is 24.6. The van der Waals surface area contributed by atoms with Crippen LogP contribution in [0.15, 0.2) is 6.20 Å². The quantitative estimate of drug-likeness (QED) is 0.738. The highest BCUT2D eigenvalue weighted by Crippen LogP contribution is 2.13. The minimum atomic E-state index is -2.74. The van der Waals surface area contributed by atoms with E-state index in [4.69, 9.17) is 5.11 Å². The van der Waals surface area contributed by atoms with E-state index in [-0.39, 0.29) is 11.5 Å². The lowest BCUT2D eigenvalue weighted by Gasteiger charge is -1.99. The zero-order valence-electron chi connectivity index (χ0n) is 6.16. The number of halogens is 2. The van der Waals surface area contributed by atoms with Gasteiger partial charge in [-0.2, -0.15) is 8.78 Å². The highest BCUT2D eigenvalue weighted by molar-refractivity contribution is 5.85. The number of nitrogens with zero attached hydrogens (tertiary/aromatic N) is 2. The number of alkyl halides is 2. The minimum absolute atomic E-state index is 0.0117. The molecule has 1 rings (SSSR count). The largest absolute Gasteiger partial charge is 0.476 e. The molecular weight excluding hydrogens is 170 g/mol. The molecule has 0 aromatic carbocycles. The molecule has 66 valence electrons. The maximum Gasteiger partial charge on any atom is 0.356 e. The molecule has 6 heteroatoms. The van der Waals surface area contributed by atoms with Crippen LogP contribution in [0, 0.1) is 6.92 Å². The van der Waals surface area contributed by atoms with Gasteiger partial charge in [-0.25, -0.2) is 9.78 Å². The van der Waals surface area contributed by atoms with Crippen LogP contribution >= 0.6 is 0 Å². The summed E-state index contributed by atoms with van der Waals surface area (Å²) in [6.45, 7) is -1.43. The number of carboxylic acid groups (broad SMARTS) is 1. The van der Waals surface area contributed by atoms with E-state index in [1.165, 1.54) is 6.92 Å². The Morgan fingerprint density at radius 1 is 1.75 bits per heavy atom. The van der Waals surface area contributed by atoms with Gasteiger partial charge in [0.15, 0.2) is 5.69 Å². The number of carboxylic acids is 1. The molecule has 12 heavy (non-hydrogen) atoms. The van der Waals surface area contributed by atoms with Gasteiger partial charge in [0.05, 0.1) is 0 Å². The molecule has 0 radical (unpaired) electrons. The van der Waals surface area contributed by atoms with Gasteiger partial charge in [0.2, 0.25) is 0 Å². The van der Waals surface area contributed by atoms with Gasteiger partial charge < -0.3 is 5.11 Å². The van der Waals surface area contributed by atoms with Gasteiger partial charge in [-0.3, -0.25) is 4.57 Å². The second kappa shape index (κ2) is 2.88. The van der Waals surface area contributed by atoms with E-state index in [0.29, 0.717) is 4.57 Å². The zero-order valence-corrected chi connectivity index (χ0v) is 6.16. The highest BCUT2D eigenvalue weighted by Gasteiger charge is 2.14. The number of aromatic nitrogens is 2. The molecule has 0 aliphatic rings. The van der Waals surface area contributed by atoms with Crippen LogP contribution in [0.2, 0.25) is 0 Å². The van der Waals surface area contributed by atoms with Crippen LogP contribution in [0.5, 0.6) is 0 Å². The maximum atomic E-state index is 12.0. The van der Waals surface area contributed by atoms with Crippen LogP contribution in [0.4, 0.5) is 8.78 Å². The maximum absolute atomic E-state index is 12.0. The van der Waals surface area contributed by atoms with Crippen molar-refractivity contribution in [3.63, 3.8) is 0 Å². The Morgan fingerprint density at radius 2 is 2.33 bits per heavy atom. The van der Waals surface area contributed by atoms with Crippen molar-refractivity contribution in [2.24, 2.45) is 0 Å². The lowest BCUT2D eigenvalue weighted by molar-refractivity contribution is 0.0667. The smallest absolute Gasteiger partial charge is 0.356 e. The lowest BCUT2D eigenvalue weighted by atomic mass is 10.5. The molecule has 1 aromatic rings. The number of imidazole rings is 1. The van der Waals surface area contributed by atoms with E-state index in [1.54, 1.807) is 0 Å². The molecule has 1 aromatic heterocycles. The fourth-order valence-corrected chi connectivity index (χ4v) is 0.787. The first-order valence-electron chi connectivity index (χ1n) is 3.09. The summed E-state index contributed by atoms with van der Waals surface area (Å²) in [5.74, 6) is -1.32. The van der Waals surface area contributed by atoms with Gasteiger partial charge in [0.25, 0.3) is 0 Å². The van der Waals surface area contributed by atoms with E-state index >= 15 is 0 Å². The average Bonchev–Trinajstić information content (AvgIpc) is 2.30. The number of hydrogen-bond donors (Lipinski definition) is 1. The van der Waals surface area contributed by atoms with E-state index in [2.05, 4.69) is 4.98 Å².